The number of nitrogens with zero attached hydrogens (tertiary/aromatic N) is 5. The molecule has 1 aliphatic rings. The standard InChI is InChI=1S/C12H13N5/c1-8-6-12-13-7-10-9(2)15-16(3)5-4-11(10)17(12)14-8/h4-7H,1-3H3. The summed E-state index contributed by atoms with van der Waals surface area (Å²) in [5.74, 6) is 0. The highest BCUT2D eigenvalue weighted by Crippen LogP contribution is 2.17. The third-order valence-electron chi connectivity index (χ3n) is 2.79. The fourth-order valence-electron chi connectivity index (χ4n) is 2.01. The van der Waals surface area contributed by atoms with Gasteiger partial charge in [-0.15, -0.1) is 0 Å². The van der Waals surface area contributed by atoms with E-state index in [1.54, 1.807) is 5.01 Å². The molecular weight excluding hydrogens is 214 g/mol. The van der Waals surface area contributed by atoms with Crippen molar-refractivity contribution in [2.75, 3.05) is 7.05 Å². The van der Waals surface area contributed by atoms with Gasteiger partial charge in [-0.3, -0.25) is 5.01 Å². The van der Waals surface area contributed by atoms with Crippen LogP contribution in [0.15, 0.2) is 23.6 Å². The second-order valence-corrected chi connectivity index (χ2v) is 4.19. The molecule has 1 aliphatic heterocycles. The Bertz CT molecular complexity index is 650. The minimum absolute atomic E-state index is 0.864. The van der Waals surface area contributed by atoms with Crippen LogP contribution in [-0.2, 0) is 0 Å². The van der Waals surface area contributed by atoms with E-state index in [1.807, 2.05) is 49.9 Å². The Morgan fingerprint density at radius 2 is 2.06 bits per heavy atom. The molecule has 17 heavy (non-hydrogen) atoms. The van der Waals surface area contributed by atoms with Gasteiger partial charge < -0.3 is 0 Å². The topological polar surface area (TPSA) is 45.8 Å². The maximum atomic E-state index is 4.46. The largest absolute Gasteiger partial charge is 0.276 e. The highest BCUT2D eigenvalue weighted by atomic mass is 15.4. The maximum absolute atomic E-state index is 4.46. The van der Waals surface area contributed by atoms with Crippen molar-refractivity contribution in [3.05, 3.63) is 35.4 Å². The van der Waals surface area contributed by atoms with Gasteiger partial charge in [-0.05, 0) is 19.9 Å². The maximum Gasteiger partial charge on any atom is 0.155 e. The Labute approximate surface area is 99.1 Å². The average molecular weight is 227 g/mol. The molecule has 3 heterocycles. The highest BCUT2D eigenvalue weighted by molar-refractivity contribution is 6.01. The summed E-state index contributed by atoms with van der Waals surface area (Å²) in [5.41, 5.74) is 4.81. The summed E-state index contributed by atoms with van der Waals surface area (Å²) >= 11 is 0. The Balaban J connectivity index is 2.37. The number of aromatic nitrogens is 3. The fourth-order valence-corrected chi connectivity index (χ4v) is 2.01. The molecule has 0 bridgehead atoms. The summed E-state index contributed by atoms with van der Waals surface area (Å²) in [7, 11) is 1.91. The van der Waals surface area contributed by atoms with Crippen molar-refractivity contribution in [1.29, 1.82) is 0 Å². The second-order valence-electron chi connectivity index (χ2n) is 4.19. The zero-order valence-electron chi connectivity index (χ0n) is 10.0. The zero-order valence-corrected chi connectivity index (χ0v) is 10.0. The van der Waals surface area contributed by atoms with Gasteiger partial charge in [0.1, 0.15) is 0 Å². The Morgan fingerprint density at radius 1 is 1.24 bits per heavy atom. The number of fused-ring (bicyclic) bond motifs is 3. The molecule has 0 aliphatic carbocycles. The minimum atomic E-state index is 0.864. The fraction of sp³-hybridized carbons (Fsp3) is 0.250. The molecule has 5 heteroatoms. The lowest BCUT2D eigenvalue weighted by Crippen LogP contribution is -2.07. The molecule has 0 unspecified atom stereocenters. The average Bonchev–Trinajstić information content (AvgIpc) is 2.58. The van der Waals surface area contributed by atoms with E-state index < -0.39 is 0 Å². The summed E-state index contributed by atoms with van der Waals surface area (Å²) in [6, 6.07) is 1.97. The normalized spacial score (nSPS) is 14.8. The first-order valence-corrected chi connectivity index (χ1v) is 5.47. The van der Waals surface area contributed by atoms with Crippen LogP contribution in [0.1, 0.15) is 23.9 Å². The molecular formula is C12H13N5. The summed E-state index contributed by atoms with van der Waals surface area (Å²) in [6.07, 6.45) is 5.79. The van der Waals surface area contributed by atoms with E-state index in [4.69, 9.17) is 0 Å². The van der Waals surface area contributed by atoms with E-state index in [0.29, 0.717) is 0 Å². The molecule has 0 fully saturated rings. The molecule has 2 aromatic rings. The van der Waals surface area contributed by atoms with Crippen LogP contribution in [0.3, 0.4) is 0 Å². The lowest BCUT2D eigenvalue weighted by Gasteiger charge is -2.06. The van der Waals surface area contributed by atoms with E-state index in [0.717, 1.165) is 28.3 Å². The van der Waals surface area contributed by atoms with Crippen LogP contribution in [0.5, 0.6) is 0 Å². The van der Waals surface area contributed by atoms with E-state index >= 15 is 0 Å². The van der Waals surface area contributed by atoms with Gasteiger partial charge in [0.2, 0.25) is 0 Å². The van der Waals surface area contributed by atoms with Crippen LogP contribution in [-0.4, -0.2) is 32.4 Å². The SMILES string of the molecule is CC1=NN(C)C=Cc2c1cnc1cc(C)nn21. The van der Waals surface area contributed by atoms with E-state index in [-0.39, 0.29) is 0 Å². The van der Waals surface area contributed by atoms with Gasteiger partial charge >= 0.3 is 0 Å². The Hall–Kier alpha value is -2.17. The third kappa shape index (κ3) is 1.51. The number of hydrogen-bond acceptors (Lipinski definition) is 4. The lowest BCUT2D eigenvalue weighted by molar-refractivity contribution is 0.494. The van der Waals surface area contributed by atoms with Gasteiger partial charge in [-0.25, -0.2) is 9.50 Å². The quantitative estimate of drug-likeness (QED) is 0.688. The van der Waals surface area contributed by atoms with Crippen LogP contribution in [0.25, 0.3) is 11.7 Å². The van der Waals surface area contributed by atoms with E-state index in [9.17, 15) is 0 Å². The predicted octanol–water partition coefficient (Wildman–Crippen LogP) is 1.68. The molecule has 0 saturated heterocycles. The first-order chi connectivity index (χ1) is 8.15. The predicted molar refractivity (Wildman–Crippen MR) is 66.7 cm³/mol. The van der Waals surface area contributed by atoms with Crippen molar-refractivity contribution < 1.29 is 0 Å². The molecule has 0 amide bonds. The van der Waals surface area contributed by atoms with E-state index in [2.05, 4.69) is 15.2 Å². The van der Waals surface area contributed by atoms with Crippen LogP contribution in [0.2, 0.25) is 0 Å². The minimum Gasteiger partial charge on any atom is -0.276 e. The summed E-state index contributed by atoms with van der Waals surface area (Å²) in [6.45, 7) is 3.95. The highest BCUT2D eigenvalue weighted by Gasteiger charge is 2.13. The van der Waals surface area contributed by atoms with Gasteiger partial charge in [0.05, 0.1) is 17.1 Å². The van der Waals surface area contributed by atoms with Gasteiger partial charge in [-0.2, -0.15) is 10.2 Å². The van der Waals surface area contributed by atoms with Crippen molar-refractivity contribution in [2.45, 2.75) is 13.8 Å². The van der Waals surface area contributed by atoms with Crippen molar-refractivity contribution in [3.63, 3.8) is 0 Å². The molecule has 86 valence electrons. The summed E-state index contributed by atoms with van der Waals surface area (Å²) in [5, 5.41) is 10.7. The molecule has 0 spiro atoms. The summed E-state index contributed by atoms with van der Waals surface area (Å²) in [4.78, 5) is 4.40. The zero-order chi connectivity index (χ0) is 12.0. The number of aryl methyl sites for hydroxylation is 1. The molecule has 5 nitrogen and oxygen atoms in total. The Kier molecular flexibility index (Phi) is 2.01. The van der Waals surface area contributed by atoms with Crippen molar-refractivity contribution in [2.24, 2.45) is 5.10 Å². The van der Waals surface area contributed by atoms with Crippen molar-refractivity contribution >= 4 is 17.4 Å². The van der Waals surface area contributed by atoms with Crippen LogP contribution in [0.4, 0.5) is 0 Å². The lowest BCUT2D eigenvalue weighted by atomic mass is 10.1. The Morgan fingerprint density at radius 3 is 2.88 bits per heavy atom. The molecule has 3 rings (SSSR count). The third-order valence-corrected chi connectivity index (χ3v) is 2.79. The number of hydrogen-bond donors (Lipinski definition) is 0. The van der Waals surface area contributed by atoms with E-state index in [1.165, 1.54) is 0 Å². The summed E-state index contributed by atoms with van der Waals surface area (Å²) < 4.78 is 1.86. The van der Waals surface area contributed by atoms with Gasteiger partial charge in [-0.1, -0.05) is 0 Å². The second kappa shape index (κ2) is 3.41. The number of rotatable bonds is 0. The van der Waals surface area contributed by atoms with Crippen molar-refractivity contribution in [3.8, 4) is 0 Å². The monoisotopic (exact) mass is 227 g/mol. The molecule has 0 N–H and O–H groups in total. The molecule has 2 aromatic heterocycles. The van der Waals surface area contributed by atoms with Gasteiger partial charge in [0.25, 0.3) is 0 Å². The van der Waals surface area contributed by atoms with Crippen LogP contribution in [0, 0.1) is 6.92 Å². The van der Waals surface area contributed by atoms with Crippen LogP contribution >= 0.6 is 0 Å². The molecule has 0 atom stereocenters. The van der Waals surface area contributed by atoms with Gasteiger partial charge in [0, 0.05) is 31.1 Å². The van der Waals surface area contributed by atoms with Gasteiger partial charge in [0.15, 0.2) is 5.65 Å². The van der Waals surface area contributed by atoms with Crippen LogP contribution < -0.4 is 0 Å². The first kappa shape index (κ1) is 10.0. The van der Waals surface area contributed by atoms with Crippen molar-refractivity contribution in [1.82, 2.24) is 19.6 Å². The molecule has 0 aromatic carbocycles. The molecule has 0 saturated carbocycles. The first-order valence-electron chi connectivity index (χ1n) is 5.47. The molecule has 0 radical (unpaired) electrons. The number of hydrazone groups is 1. The smallest absolute Gasteiger partial charge is 0.155 e.